The summed E-state index contributed by atoms with van der Waals surface area (Å²) in [6.07, 6.45) is 12.0. The molecule has 0 amide bonds. The first-order valence-electron chi connectivity index (χ1n) is 22.3. The predicted octanol–water partition coefficient (Wildman–Crippen LogP) is 14.6. The molecule has 4 fully saturated rings. The van der Waals surface area contributed by atoms with Crippen LogP contribution in [0.4, 0.5) is 0 Å². The molecule has 4 bridgehead atoms. The molecule has 0 aliphatic heterocycles. The molecule has 58 heavy (non-hydrogen) atoms. The van der Waals surface area contributed by atoms with Crippen LogP contribution in [0.3, 0.4) is 0 Å². The van der Waals surface area contributed by atoms with Crippen LogP contribution < -0.4 is 0 Å². The van der Waals surface area contributed by atoms with E-state index >= 15 is 0 Å². The quantitative estimate of drug-likeness (QED) is 0.152. The van der Waals surface area contributed by atoms with E-state index in [1.807, 2.05) is 0 Å². The van der Waals surface area contributed by atoms with Gasteiger partial charge in [0, 0.05) is 0 Å². The maximum atomic E-state index is 2.83. The minimum absolute atomic E-state index is 0.0122. The first-order chi connectivity index (χ1) is 28.0. The van der Waals surface area contributed by atoms with Crippen LogP contribution in [0.1, 0.15) is 125 Å². The number of fused-ring (bicyclic) bond motifs is 4. The number of benzene rings is 6. The fourth-order valence-corrected chi connectivity index (χ4v) is 15.7. The van der Waals surface area contributed by atoms with Crippen molar-refractivity contribution in [2.75, 3.05) is 0 Å². The van der Waals surface area contributed by atoms with E-state index in [-0.39, 0.29) is 43.3 Å². The summed E-state index contributed by atoms with van der Waals surface area (Å²) in [4.78, 5) is 0. The number of rotatable bonds is 7. The van der Waals surface area contributed by atoms with Gasteiger partial charge in [-0.05, 0) is 141 Å². The minimum Gasteiger partial charge on any atom is -0.0622 e. The molecule has 6 aromatic carbocycles. The van der Waals surface area contributed by atoms with E-state index in [0.29, 0.717) is 0 Å². The predicted molar refractivity (Wildman–Crippen MR) is 242 cm³/mol. The topological polar surface area (TPSA) is 0 Å². The monoisotopic (exact) mass is 758 g/mol. The molecular formula is C58H62. The van der Waals surface area contributed by atoms with Crippen molar-refractivity contribution in [2.24, 2.45) is 10.8 Å². The Balaban J connectivity index is 1.25. The summed E-state index contributed by atoms with van der Waals surface area (Å²) in [5.41, 5.74) is 9.46. The van der Waals surface area contributed by atoms with Gasteiger partial charge in [-0.1, -0.05) is 210 Å². The molecule has 4 atom stereocenters. The minimum atomic E-state index is 0.0122. The van der Waals surface area contributed by atoms with Crippen LogP contribution in [0, 0.1) is 10.8 Å². The van der Waals surface area contributed by atoms with Gasteiger partial charge >= 0.3 is 0 Å². The number of hydrogen-bond acceptors (Lipinski definition) is 0. The van der Waals surface area contributed by atoms with Gasteiger partial charge in [0.25, 0.3) is 0 Å². The highest BCUT2D eigenvalue weighted by Gasteiger charge is 2.71. The van der Waals surface area contributed by atoms with E-state index in [0.717, 1.165) is 0 Å². The zero-order valence-electron chi connectivity index (χ0n) is 35.4. The molecule has 0 aromatic heterocycles. The lowest BCUT2D eigenvalue weighted by atomic mass is 9.31. The van der Waals surface area contributed by atoms with E-state index in [4.69, 9.17) is 0 Å². The van der Waals surface area contributed by atoms with Crippen LogP contribution in [0.2, 0.25) is 0 Å². The van der Waals surface area contributed by atoms with Gasteiger partial charge in [-0.15, -0.1) is 0 Å². The molecule has 10 rings (SSSR count). The maximum Gasteiger partial charge on any atom is -0.00247 e. The fraction of sp³-hybridized carbons (Fsp3) is 0.379. The Hall–Kier alpha value is -4.68. The summed E-state index contributed by atoms with van der Waals surface area (Å²) in [6, 6.07) is 70.8. The van der Waals surface area contributed by atoms with Crippen molar-refractivity contribution in [3.05, 3.63) is 215 Å². The molecule has 0 N–H and O–H groups in total. The molecule has 0 spiro atoms. The normalized spacial score (nSPS) is 36.8. The third kappa shape index (κ3) is 5.91. The van der Waals surface area contributed by atoms with Crippen LogP contribution in [-0.4, -0.2) is 0 Å². The lowest BCUT2D eigenvalue weighted by molar-refractivity contribution is -0.160. The highest BCUT2D eigenvalue weighted by atomic mass is 14.7. The Labute approximate surface area is 349 Å². The van der Waals surface area contributed by atoms with Gasteiger partial charge in [0.05, 0.1) is 0 Å². The Morgan fingerprint density at radius 1 is 0.241 bits per heavy atom. The van der Waals surface area contributed by atoms with Crippen molar-refractivity contribution in [1.82, 2.24) is 0 Å². The highest BCUT2D eigenvalue weighted by molar-refractivity contribution is 5.45. The van der Waals surface area contributed by atoms with E-state index in [1.54, 1.807) is 16.7 Å². The van der Waals surface area contributed by atoms with Crippen LogP contribution in [0.5, 0.6) is 0 Å². The van der Waals surface area contributed by atoms with E-state index < -0.39 is 0 Å². The van der Waals surface area contributed by atoms with Gasteiger partial charge in [0.1, 0.15) is 0 Å². The van der Waals surface area contributed by atoms with Crippen molar-refractivity contribution in [2.45, 2.75) is 124 Å². The molecule has 6 aromatic rings. The first-order valence-corrected chi connectivity index (χ1v) is 22.3. The van der Waals surface area contributed by atoms with Crippen LogP contribution in [-0.2, 0) is 32.5 Å². The van der Waals surface area contributed by atoms with Crippen LogP contribution >= 0.6 is 0 Å². The van der Waals surface area contributed by atoms with Crippen molar-refractivity contribution in [1.29, 1.82) is 0 Å². The summed E-state index contributed by atoms with van der Waals surface area (Å²) in [6.45, 7) is 10.8. The Morgan fingerprint density at radius 3 is 0.776 bits per heavy atom. The van der Waals surface area contributed by atoms with Gasteiger partial charge in [-0.3, -0.25) is 0 Å². The van der Waals surface area contributed by atoms with Crippen molar-refractivity contribution < 1.29 is 0 Å². The molecule has 4 unspecified atom stereocenters. The zero-order chi connectivity index (χ0) is 39.7. The van der Waals surface area contributed by atoms with E-state index in [2.05, 4.69) is 210 Å². The van der Waals surface area contributed by atoms with E-state index in [9.17, 15) is 0 Å². The average Bonchev–Trinajstić information content (AvgIpc) is 3.25. The standard InChI is InChI=1S/C58H62/c1-51(45-23-11-5-12-24-45)35-56(49-31-19-9-20-32-49)41-54(4,42-57(36-51,43-56)50-33-21-10-22-34-50)58-39-52(2,46-25-13-6-14-26-46)37-55(44-58,48-29-17-8-18-30-48)38-53(3,40-58)47-27-15-7-16-28-47/h5-34H,35-44H2,1-4H3. The van der Waals surface area contributed by atoms with Crippen molar-refractivity contribution >= 4 is 0 Å². The second kappa shape index (κ2) is 13.4. The molecule has 0 radical (unpaired) electrons. The summed E-state index contributed by atoms with van der Waals surface area (Å²) >= 11 is 0. The van der Waals surface area contributed by atoms with Crippen molar-refractivity contribution in [3.63, 3.8) is 0 Å². The lowest BCUT2D eigenvalue weighted by Crippen LogP contribution is -2.67. The zero-order valence-corrected chi connectivity index (χ0v) is 35.4. The van der Waals surface area contributed by atoms with Gasteiger partial charge in [-0.2, -0.15) is 0 Å². The molecule has 294 valence electrons. The van der Waals surface area contributed by atoms with Gasteiger partial charge in [0.2, 0.25) is 0 Å². The second-order valence-corrected chi connectivity index (χ2v) is 21.3. The molecule has 4 saturated carbocycles. The Bertz CT molecular complexity index is 2220. The highest BCUT2D eigenvalue weighted by Crippen LogP contribution is 2.77. The molecule has 0 heterocycles. The lowest BCUT2D eigenvalue weighted by Gasteiger charge is -2.73. The second-order valence-electron chi connectivity index (χ2n) is 21.3. The Morgan fingerprint density at radius 2 is 0.483 bits per heavy atom. The molecular weight excluding hydrogens is 697 g/mol. The summed E-state index contributed by atoms with van der Waals surface area (Å²) < 4.78 is 0. The molecule has 4 aliphatic carbocycles. The van der Waals surface area contributed by atoms with Gasteiger partial charge < -0.3 is 0 Å². The van der Waals surface area contributed by atoms with Gasteiger partial charge in [-0.25, -0.2) is 0 Å². The SMILES string of the molecule is CC1(c2ccccc2)CC2(c3ccccc3)CC(c3ccccc3)(C1)CC(C)(C13CC(C)(c4ccccc4)CC(c4ccccc4)(CC(C)(c4ccccc4)C1)C3)C2. The Kier molecular flexibility index (Phi) is 8.70. The summed E-state index contributed by atoms with van der Waals surface area (Å²) in [7, 11) is 0. The number of hydrogen-bond donors (Lipinski definition) is 0. The smallest absolute Gasteiger partial charge is 0.00247 e. The van der Waals surface area contributed by atoms with Crippen molar-refractivity contribution in [3.8, 4) is 0 Å². The molecule has 0 saturated heterocycles. The van der Waals surface area contributed by atoms with Gasteiger partial charge in [0.15, 0.2) is 0 Å². The summed E-state index contributed by atoms with van der Waals surface area (Å²) in [5, 5.41) is 0. The fourth-order valence-electron chi connectivity index (χ4n) is 15.7. The van der Waals surface area contributed by atoms with E-state index in [1.165, 1.54) is 80.9 Å². The molecule has 4 aliphatic rings. The largest absolute Gasteiger partial charge is 0.0622 e. The third-order valence-corrected chi connectivity index (χ3v) is 17.0. The third-order valence-electron chi connectivity index (χ3n) is 17.0. The maximum absolute atomic E-state index is 2.83. The summed E-state index contributed by atoms with van der Waals surface area (Å²) in [5.74, 6) is 0. The first kappa shape index (κ1) is 37.6. The molecule has 0 nitrogen and oxygen atoms in total. The van der Waals surface area contributed by atoms with Crippen LogP contribution in [0.15, 0.2) is 182 Å². The van der Waals surface area contributed by atoms with Crippen LogP contribution in [0.25, 0.3) is 0 Å². The average molecular weight is 759 g/mol. The molecule has 0 heteroatoms.